The number of imidazole rings is 1. The molecule has 0 aliphatic carbocycles. The van der Waals surface area contributed by atoms with Gasteiger partial charge in [-0.25, -0.2) is 18.4 Å². The molecule has 1 fully saturated rings. The number of aryl methyl sites for hydroxylation is 1. The summed E-state index contributed by atoms with van der Waals surface area (Å²) in [6.45, 7) is 2.63. The van der Waals surface area contributed by atoms with Crippen molar-refractivity contribution in [1.29, 1.82) is 0 Å². The molecule has 1 atom stereocenters. The van der Waals surface area contributed by atoms with Gasteiger partial charge < -0.3 is 4.57 Å². The molecule has 1 aliphatic heterocycles. The fraction of sp³-hybridized carbons (Fsp3) is 0.500. The van der Waals surface area contributed by atoms with E-state index in [0.29, 0.717) is 18.1 Å². The summed E-state index contributed by atoms with van der Waals surface area (Å²) in [7, 11) is -2.82. The van der Waals surface area contributed by atoms with Crippen molar-refractivity contribution >= 4 is 21.0 Å². The van der Waals surface area contributed by atoms with Crippen LogP contribution in [0.15, 0.2) is 18.3 Å². The molecule has 1 saturated heterocycles. The summed E-state index contributed by atoms with van der Waals surface area (Å²) in [5.41, 5.74) is 1.72. The molecular formula is C12H15N3O2S. The molecule has 2 aromatic rings. The minimum atomic E-state index is -2.82. The number of hydrogen-bond donors (Lipinski definition) is 0. The smallest absolute Gasteiger partial charge is 0.159 e. The van der Waals surface area contributed by atoms with Crippen LogP contribution in [-0.2, 0) is 16.4 Å². The van der Waals surface area contributed by atoms with Gasteiger partial charge in [-0.2, -0.15) is 0 Å². The number of sulfone groups is 1. The number of nitrogens with zero attached hydrogens (tertiary/aromatic N) is 3. The van der Waals surface area contributed by atoms with Crippen molar-refractivity contribution in [2.24, 2.45) is 5.92 Å². The van der Waals surface area contributed by atoms with E-state index in [9.17, 15) is 8.42 Å². The zero-order valence-electron chi connectivity index (χ0n) is 10.2. The Morgan fingerprint density at radius 3 is 3.06 bits per heavy atom. The Morgan fingerprint density at radius 1 is 1.50 bits per heavy atom. The van der Waals surface area contributed by atoms with Crippen molar-refractivity contribution in [3.63, 3.8) is 0 Å². The standard InChI is InChI=1S/C12H15N3O2S/c1-9-14-11-3-2-5-13-12(11)15(9)7-10-4-6-18(16,17)8-10/h2-3,5,10H,4,6-8H2,1H3. The van der Waals surface area contributed by atoms with Gasteiger partial charge in [-0.3, -0.25) is 0 Å². The van der Waals surface area contributed by atoms with Gasteiger partial charge in [0.2, 0.25) is 0 Å². The van der Waals surface area contributed by atoms with Crippen molar-refractivity contribution in [2.75, 3.05) is 11.5 Å². The highest BCUT2D eigenvalue weighted by Gasteiger charge is 2.28. The lowest BCUT2D eigenvalue weighted by atomic mass is 10.1. The average Bonchev–Trinajstić information content (AvgIpc) is 2.81. The molecule has 0 bridgehead atoms. The molecule has 5 nitrogen and oxygen atoms in total. The molecular weight excluding hydrogens is 250 g/mol. The van der Waals surface area contributed by atoms with Crippen LogP contribution in [0.5, 0.6) is 0 Å². The summed E-state index contributed by atoms with van der Waals surface area (Å²) in [6.07, 6.45) is 2.49. The lowest BCUT2D eigenvalue weighted by Gasteiger charge is -2.10. The largest absolute Gasteiger partial charge is 0.313 e. The van der Waals surface area contributed by atoms with Crippen LogP contribution in [0.1, 0.15) is 12.2 Å². The molecule has 0 amide bonds. The Morgan fingerprint density at radius 2 is 2.33 bits per heavy atom. The highest BCUT2D eigenvalue weighted by Crippen LogP contribution is 2.23. The monoisotopic (exact) mass is 265 g/mol. The van der Waals surface area contributed by atoms with Crippen LogP contribution in [0.3, 0.4) is 0 Å². The van der Waals surface area contributed by atoms with Gasteiger partial charge in [0, 0.05) is 12.7 Å². The number of hydrogen-bond acceptors (Lipinski definition) is 4. The quantitative estimate of drug-likeness (QED) is 0.817. The summed E-state index contributed by atoms with van der Waals surface area (Å²) in [5.74, 6) is 1.69. The van der Waals surface area contributed by atoms with E-state index >= 15 is 0 Å². The first-order chi connectivity index (χ1) is 8.55. The topological polar surface area (TPSA) is 64.8 Å². The first kappa shape index (κ1) is 11.6. The normalized spacial score (nSPS) is 22.6. The van der Waals surface area contributed by atoms with Crippen molar-refractivity contribution in [3.05, 3.63) is 24.2 Å². The molecule has 1 unspecified atom stereocenters. The molecule has 0 aromatic carbocycles. The summed E-state index contributed by atoms with van der Waals surface area (Å²) < 4.78 is 25.0. The van der Waals surface area contributed by atoms with E-state index < -0.39 is 9.84 Å². The fourth-order valence-corrected chi connectivity index (χ4v) is 4.41. The molecule has 0 radical (unpaired) electrons. The fourth-order valence-electron chi connectivity index (χ4n) is 2.56. The zero-order valence-corrected chi connectivity index (χ0v) is 11.0. The maximum absolute atomic E-state index is 11.5. The Hall–Kier alpha value is -1.43. The van der Waals surface area contributed by atoms with Gasteiger partial charge >= 0.3 is 0 Å². The van der Waals surface area contributed by atoms with E-state index in [4.69, 9.17) is 0 Å². The van der Waals surface area contributed by atoms with E-state index in [-0.39, 0.29) is 5.92 Å². The second-order valence-electron chi connectivity index (χ2n) is 4.88. The summed E-state index contributed by atoms with van der Waals surface area (Å²) in [5, 5.41) is 0. The third-order valence-corrected chi connectivity index (χ3v) is 5.30. The van der Waals surface area contributed by atoms with Gasteiger partial charge in [-0.1, -0.05) is 0 Å². The molecule has 0 spiro atoms. The first-order valence-electron chi connectivity index (χ1n) is 6.03. The van der Waals surface area contributed by atoms with Crippen molar-refractivity contribution in [2.45, 2.75) is 19.9 Å². The van der Waals surface area contributed by atoms with Crippen LogP contribution in [0.4, 0.5) is 0 Å². The first-order valence-corrected chi connectivity index (χ1v) is 7.85. The summed E-state index contributed by atoms with van der Waals surface area (Å²) in [6, 6.07) is 3.79. The third kappa shape index (κ3) is 2.01. The molecule has 6 heteroatoms. The molecule has 3 rings (SSSR count). The molecule has 1 aliphatic rings. The molecule has 18 heavy (non-hydrogen) atoms. The number of fused-ring (bicyclic) bond motifs is 1. The van der Waals surface area contributed by atoms with Gasteiger partial charge in [-0.15, -0.1) is 0 Å². The predicted octanol–water partition coefficient (Wildman–Crippen LogP) is 1.17. The molecule has 0 N–H and O–H groups in total. The molecule has 0 saturated carbocycles. The Labute approximate surface area is 106 Å². The van der Waals surface area contributed by atoms with Gasteiger partial charge in [0.15, 0.2) is 15.5 Å². The lowest BCUT2D eigenvalue weighted by molar-refractivity contribution is 0.490. The van der Waals surface area contributed by atoms with Gasteiger partial charge in [0.05, 0.1) is 11.5 Å². The van der Waals surface area contributed by atoms with E-state index in [2.05, 4.69) is 9.97 Å². The minimum absolute atomic E-state index is 0.188. The average molecular weight is 265 g/mol. The van der Waals surface area contributed by atoms with Crippen LogP contribution in [0.25, 0.3) is 11.2 Å². The van der Waals surface area contributed by atoms with Gasteiger partial charge in [0.1, 0.15) is 11.3 Å². The van der Waals surface area contributed by atoms with E-state index in [1.165, 1.54) is 0 Å². The summed E-state index contributed by atoms with van der Waals surface area (Å²) in [4.78, 5) is 8.77. The highest BCUT2D eigenvalue weighted by atomic mass is 32.2. The number of pyridine rings is 1. The summed E-state index contributed by atoms with van der Waals surface area (Å²) >= 11 is 0. The molecule has 3 heterocycles. The second-order valence-corrected chi connectivity index (χ2v) is 7.11. The van der Waals surface area contributed by atoms with Crippen LogP contribution in [-0.4, -0.2) is 34.5 Å². The van der Waals surface area contributed by atoms with Crippen molar-refractivity contribution in [1.82, 2.24) is 14.5 Å². The van der Waals surface area contributed by atoms with E-state index in [1.54, 1.807) is 6.20 Å². The third-order valence-electron chi connectivity index (χ3n) is 3.46. The van der Waals surface area contributed by atoms with E-state index in [1.807, 2.05) is 23.6 Å². The van der Waals surface area contributed by atoms with Crippen molar-refractivity contribution < 1.29 is 8.42 Å². The van der Waals surface area contributed by atoms with Gasteiger partial charge in [-0.05, 0) is 31.4 Å². The van der Waals surface area contributed by atoms with Crippen LogP contribution < -0.4 is 0 Å². The van der Waals surface area contributed by atoms with Crippen LogP contribution in [0.2, 0.25) is 0 Å². The number of rotatable bonds is 2. The molecule has 96 valence electrons. The van der Waals surface area contributed by atoms with Gasteiger partial charge in [0.25, 0.3) is 0 Å². The Kier molecular flexibility index (Phi) is 2.62. The van der Waals surface area contributed by atoms with Crippen LogP contribution in [0, 0.1) is 12.8 Å². The Balaban J connectivity index is 1.93. The number of aromatic nitrogens is 3. The molecule has 2 aromatic heterocycles. The SMILES string of the molecule is Cc1nc2cccnc2n1CC1CCS(=O)(=O)C1. The van der Waals surface area contributed by atoms with Crippen LogP contribution >= 0.6 is 0 Å². The second kappa shape index (κ2) is 4.05. The Bertz CT molecular complexity index is 690. The lowest BCUT2D eigenvalue weighted by Crippen LogP contribution is -2.13. The predicted molar refractivity (Wildman–Crippen MR) is 69.0 cm³/mol. The minimum Gasteiger partial charge on any atom is -0.313 e. The highest BCUT2D eigenvalue weighted by molar-refractivity contribution is 7.91. The van der Waals surface area contributed by atoms with E-state index in [0.717, 1.165) is 23.4 Å². The zero-order chi connectivity index (χ0) is 12.8. The maximum Gasteiger partial charge on any atom is 0.159 e. The van der Waals surface area contributed by atoms with Crippen molar-refractivity contribution in [3.8, 4) is 0 Å². The maximum atomic E-state index is 11.5.